The third kappa shape index (κ3) is 7.96. The molecule has 0 unspecified atom stereocenters. The second-order valence-electron chi connectivity index (χ2n) is 9.77. The van der Waals surface area contributed by atoms with Gasteiger partial charge in [-0.05, 0) is 50.8 Å². The smallest absolute Gasteiger partial charge is 0.320 e. The van der Waals surface area contributed by atoms with E-state index in [9.17, 15) is 9.59 Å². The van der Waals surface area contributed by atoms with E-state index in [1.54, 1.807) is 19.2 Å². The summed E-state index contributed by atoms with van der Waals surface area (Å²) in [6, 6.07) is 2.99. The van der Waals surface area contributed by atoms with Gasteiger partial charge in [0.15, 0.2) is 0 Å². The molecule has 3 rings (SSSR count). The number of nitrogen functional groups attached to an aromatic ring is 1. The van der Waals surface area contributed by atoms with Crippen LogP contribution in [0.4, 0.5) is 5.69 Å². The third-order valence-corrected chi connectivity index (χ3v) is 7.49. The van der Waals surface area contributed by atoms with E-state index in [-0.39, 0.29) is 24.0 Å². The van der Waals surface area contributed by atoms with Crippen LogP contribution in [0.1, 0.15) is 49.4 Å². The highest BCUT2D eigenvalue weighted by molar-refractivity contribution is 6.33. The first-order valence-corrected chi connectivity index (χ1v) is 13.3. The second-order valence-corrected chi connectivity index (χ2v) is 10.2. The number of halogens is 1. The second kappa shape index (κ2) is 14.0. The molecule has 9 nitrogen and oxygen atoms in total. The molecule has 1 amide bonds. The molecule has 1 aromatic carbocycles. The van der Waals surface area contributed by atoms with Crippen molar-refractivity contribution < 1.29 is 23.8 Å². The quantitative estimate of drug-likeness (QED) is 0.258. The molecule has 1 aromatic rings. The van der Waals surface area contributed by atoms with Crippen molar-refractivity contribution in [3.8, 4) is 5.75 Å². The molecular formula is C26H41ClN4O5. The summed E-state index contributed by atoms with van der Waals surface area (Å²) in [5.74, 6) is 0.603. The van der Waals surface area contributed by atoms with Gasteiger partial charge in [0.05, 0.1) is 48.7 Å². The summed E-state index contributed by atoms with van der Waals surface area (Å²) < 4.78 is 16.4. The Morgan fingerprint density at radius 1 is 1.14 bits per heavy atom. The Labute approximate surface area is 219 Å². The number of ether oxygens (including phenoxy) is 3. The van der Waals surface area contributed by atoms with Crippen LogP contribution in [0.3, 0.4) is 0 Å². The van der Waals surface area contributed by atoms with E-state index in [2.05, 4.69) is 22.0 Å². The van der Waals surface area contributed by atoms with E-state index in [4.69, 9.17) is 31.5 Å². The fourth-order valence-electron chi connectivity index (χ4n) is 4.96. The zero-order chi connectivity index (χ0) is 26.1. The molecule has 0 saturated carbocycles. The van der Waals surface area contributed by atoms with Crippen LogP contribution in [0.2, 0.25) is 5.02 Å². The molecule has 2 heterocycles. The number of carbonyl (C=O) groups is 2. The summed E-state index contributed by atoms with van der Waals surface area (Å²) in [6.45, 7) is 7.46. The molecule has 0 aromatic heterocycles. The van der Waals surface area contributed by atoms with Crippen molar-refractivity contribution >= 4 is 29.2 Å². The van der Waals surface area contributed by atoms with Crippen molar-refractivity contribution in [1.29, 1.82) is 0 Å². The van der Waals surface area contributed by atoms with Gasteiger partial charge in [0.2, 0.25) is 0 Å². The number of amides is 1. The normalized spacial score (nSPS) is 21.8. The average Bonchev–Trinajstić information content (AvgIpc) is 2.87. The number of rotatable bonds is 11. The lowest BCUT2D eigenvalue weighted by Gasteiger charge is -2.41. The van der Waals surface area contributed by atoms with E-state index >= 15 is 0 Å². The molecule has 2 aliphatic rings. The first-order chi connectivity index (χ1) is 17.3. The topological polar surface area (TPSA) is 106 Å². The Bertz CT molecular complexity index is 878. The zero-order valence-electron chi connectivity index (χ0n) is 21.8. The summed E-state index contributed by atoms with van der Waals surface area (Å²) >= 11 is 6.14. The summed E-state index contributed by atoms with van der Waals surface area (Å²) in [5.41, 5.74) is 6.57. The van der Waals surface area contributed by atoms with E-state index in [0.29, 0.717) is 41.1 Å². The van der Waals surface area contributed by atoms with Gasteiger partial charge in [0.25, 0.3) is 5.91 Å². The van der Waals surface area contributed by atoms with Crippen LogP contribution in [-0.2, 0) is 14.3 Å². The van der Waals surface area contributed by atoms with Gasteiger partial charge in [0.1, 0.15) is 5.75 Å². The lowest BCUT2D eigenvalue weighted by Crippen LogP contribution is -2.55. The Balaban J connectivity index is 1.45. The Morgan fingerprint density at radius 2 is 1.86 bits per heavy atom. The van der Waals surface area contributed by atoms with Crippen LogP contribution in [0, 0.1) is 5.92 Å². The minimum absolute atomic E-state index is 0.111. The van der Waals surface area contributed by atoms with Crippen LogP contribution in [0.25, 0.3) is 0 Å². The van der Waals surface area contributed by atoms with E-state index in [1.165, 1.54) is 7.11 Å². The number of carbonyl (C=O) groups excluding carboxylic acids is 2. The van der Waals surface area contributed by atoms with Crippen LogP contribution < -0.4 is 15.8 Å². The Morgan fingerprint density at radius 3 is 2.53 bits per heavy atom. The number of likely N-dealkylation sites (tertiary alicyclic amines) is 2. The monoisotopic (exact) mass is 524 g/mol. The first-order valence-electron chi connectivity index (χ1n) is 12.9. The van der Waals surface area contributed by atoms with Gasteiger partial charge in [-0.3, -0.25) is 14.5 Å². The molecule has 0 radical (unpaired) electrons. The number of benzene rings is 1. The highest BCUT2D eigenvalue weighted by atomic mass is 35.5. The van der Waals surface area contributed by atoms with Crippen LogP contribution in [-0.4, -0.2) is 93.9 Å². The van der Waals surface area contributed by atoms with Crippen molar-refractivity contribution in [2.75, 3.05) is 65.8 Å². The number of hydrogen-bond donors (Lipinski definition) is 2. The number of nitrogens with zero attached hydrogens (tertiary/aromatic N) is 2. The fraction of sp³-hybridized carbons (Fsp3) is 0.692. The minimum Gasteiger partial charge on any atom is -0.496 e. The summed E-state index contributed by atoms with van der Waals surface area (Å²) in [7, 11) is 3.19. The van der Waals surface area contributed by atoms with Crippen LogP contribution >= 0.6 is 11.6 Å². The van der Waals surface area contributed by atoms with Gasteiger partial charge < -0.3 is 30.2 Å². The number of methoxy groups -OCH3 is 2. The third-order valence-electron chi connectivity index (χ3n) is 7.16. The molecule has 10 heteroatoms. The maximum Gasteiger partial charge on any atom is 0.320 e. The predicted octanol–water partition coefficient (Wildman–Crippen LogP) is 2.81. The molecule has 0 bridgehead atoms. The fourth-order valence-corrected chi connectivity index (χ4v) is 5.13. The molecule has 2 atom stereocenters. The van der Waals surface area contributed by atoms with Gasteiger partial charge in [-0.15, -0.1) is 0 Å². The average molecular weight is 525 g/mol. The van der Waals surface area contributed by atoms with E-state index in [0.717, 1.165) is 64.8 Å². The summed E-state index contributed by atoms with van der Waals surface area (Å²) in [5, 5.41) is 3.42. The lowest BCUT2D eigenvalue weighted by molar-refractivity contribution is -0.145. The zero-order valence-corrected chi connectivity index (χ0v) is 22.5. The molecule has 3 N–H and O–H groups in total. The molecule has 0 aliphatic carbocycles. The van der Waals surface area contributed by atoms with Crippen molar-refractivity contribution in [3.63, 3.8) is 0 Å². The molecule has 36 heavy (non-hydrogen) atoms. The largest absolute Gasteiger partial charge is 0.496 e. The van der Waals surface area contributed by atoms with E-state index < -0.39 is 0 Å². The van der Waals surface area contributed by atoms with Crippen molar-refractivity contribution in [2.24, 2.45) is 5.92 Å². The minimum atomic E-state index is -0.255. The van der Waals surface area contributed by atoms with Gasteiger partial charge in [-0.2, -0.15) is 0 Å². The standard InChI is InChI=1S/C26H41ClN4O5/c1-4-5-12-36-25(32)17-30-9-6-18(7-10-30)15-31-11-8-22(24(16-31)35-3)29-26(33)19-13-20(27)21(28)14-23(19)34-2/h13-14,18,22,24H,4-12,15-17,28H2,1-3H3,(H,29,33)/t22-,24+/m1/s1. The number of anilines is 1. The van der Waals surface area contributed by atoms with E-state index in [1.807, 2.05) is 0 Å². The predicted molar refractivity (Wildman–Crippen MR) is 141 cm³/mol. The van der Waals surface area contributed by atoms with Crippen LogP contribution in [0.15, 0.2) is 12.1 Å². The lowest BCUT2D eigenvalue weighted by atomic mass is 9.94. The van der Waals surface area contributed by atoms with Gasteiger partial charge in [-0.1, -0.05) is 24.9 Å². The van der Waals surface area contributed by atoms with Gasteiger partial charge >= 0.3 is 5.97 Å². The number of unbranched alkanes of at least 4 members (excludes halogenated alkanes) is 1. The molecular weight excluding hydrogens is 484 g/mol. The van der Waals surface area contributed by atoms with Gasteiger partial charge in [0, 0.05) is 32.8 Å². The van der Waals surface area contributed by atoms with Crippen LogP contribution in [0.5, 0.6) is 5.75 Å². The molecule has 2 saturated heterocycles. The van der Waals surface area contributed by atoms with Crippen molar-refractivity contribution in [3.05, 3.63) is 22.7 Å². The maximum atomic E-state index is 13.0. The Kier molecular flexibility index (Phi) is 11.1. The first kappa shape index (κ1) is 28.5. The van der Waals surface area contributed by atoms with Crippen molar-refractivity contribution in [1.82, 2.24) is 15.1 Å². The number of nitrogens with two attached hydrogens (primary N) is 1. The molecule has 2 fully saturated rings. The summed E-state index contributed by atoms with van der Waals surface area (Å²) in [4.78, 5) is 29.6. The highest BCUT2D eigenvalue weighted by Crippen LogP contribution is 2.29. The number of piperidine rings is 2. The molecule has 0 spiro atoms. The molecule has 202 valence electrons. The summed E-state index contributed by atoms with van der Waals surface area (Å²) in [6.07, 6.45) is 4.75. The van der Waals surface area contributed by atoms with Gasteiger partial charge in [-0.25, -0.2) is 0 Å². The number of esters is 1. The number of hydrogen-bond acceptors (Lipinski definition) is 8. The number of nitrogens with one attached hydrogen (secondary N) is 1. The Hall–Kier alpha value is -2.07. The SMILES string of the molecule is CCCCOC(=O)CN1CCC(CN2CC[C@@H](NC(=O)c3cc(Cl)c(N)cc3OC)[C@@H](OC)C2)CC1. The van der Waals surface area contributed by atoms with Crippen molar-refractivity contribution in [2.45, 2.75) is 51.2 Å². The molecule has 2 aliphatic heterocycles. The highest BCUT2D eigenvalue weighted by Gasteiger charge is 2.33. The maximum absolute atomic E-state index is 13.0.